The predicted molar refractivity (Wildman–Crippen MR) is 98.8 cm³/mol. The van der Waals surface area contributed by atoms with E-state index in [4.69, 9.17) is 4.74 Å². The zero-order chi connectivity index (χ0) is 17.4. The summed E-state index contributed by atoms with van der Waals surface area (Å²) in [6.07, 6.45) is 7.90. The van der Waals surface area contributed by atoms with E-state index < -0.39 is 0 Å². The summed E-state index contributed by atoms with van der Waals surface area (Å²) in [5, 5.41) is 20.6. The number of hydrogen-bond donors (Lipinski definition) is 2. The Labute approximate surface area is 144 Å². The molecule has 2 N–H and O–H groups in total. The summed E-state index contributed by atoms with van der Waals surface area (Å²) >= 11 is 0. The molecule has 0 aliphatic heterocycles. The molecule has 0 spiro atoms. The number of aromatic hydroxyl groups is 2. The number of phenolic OH excluding ortho intramolecular Hbond substituents is 2. The van der Waals surface area contributed by atoms with Gasteiger partial charge in [-0.15, -0.1) is 0 Å². The molecule has 0 bridgehead atoms. The van der Waals surface area contributed by atoms with Crippen molar-refractivity contribution >= 4 is 0 Å². The maximum absolute atomic E-state index is 10.5. The van der Waals surface area contributed by atoms with Gasteiger partial charge >= 0.3 is 0 Å². The first-order chi connectivity index (χ1) is 11.7. The molecule has 0 heterocycles. The molecule has 0 saturated heterocycles. The van der Waals surface area contributed by atoms with Crippen LogP contribution in [0.1, 0.15) is 51.0 Å². The van der Waals surface area contributed by atoms with Crippen LogP contribution in [0.3, 0.4) is 0 Å². The molecule has 3 heteroatoms. The quantitative estimate of drug-likeness (QED) is 0.460. The highest BCUT2D eigenvalue weighted by Crippen LogP contribution is 2.44. The van der Waals surface area contributed by atoms with Gasteiger partial charge in [0.2, 0.25) is 5.75 Å². The van der Waals surface area contributed by atoms with Crippen LogP contribution in [0.5, 0.6) is 17.2 Å². The second kappa shape index (κ2) is 9.21. The minimum atomic E-state index is -0.168. The van der Waals surface area contributed by atoms with E-state index in [1.54, 1.807) is 0 Å². The summed E-state index contributed by atoms with van der Waals surface area (Å²) < 4.78 is 5.20. The molecule has 2 rings (SSSR count). The highest BCUT2D eigenvalue weighted by molar-refractivity contribution is 5.75. The Kier molecular flexibility index (Phi) is 6.98. The summed E-state index contributed by atoms with van der Waals surface area (Å²) in [5.74, 6) is 0.0815. The van der Waals surface area contributed by atoms with Crippen LogP contribution in [-0.4, -0.2) is 17.3 Å². The molecule has 0 amide bonds. The molecule has 0 saturated carbocycles. The van der Waals surface area contributed by atoms with Crippen molar-refractivity contribution in [1.82, 2.24) is 0 Å². The van der Waals surface area contributed by atoms with Crippen LogP contribution in [0.2, 0.25) is 0 Å². The van der Waals surface area contributed by atoms with Gasteiger partial charge in [0.1, 0.15) is 0 Å². The monoisotopic (exact) mass is 328 g/mol. The van der Waals surface area contributed by atoms with Gasteiger partial charge in [-0.3, -0.25) is 0 Å². The molecular weight excluding hydrogens is 300 g/mol. The predicted octanol–water partition coefficient (Wildman–Crippen LogP) is 5.68. The summed E-state index contributed by atoms with van der Waals surface area (Å²) in [6, 6.07) is 11.7. The lowest BCUT2D eigenvalue weighted by atomic mass is 9.94. The summed E-state index contributed by atoms with van der Waals surface area (Å²) in [7, 11) is 1.50. The number of hydrogen-bond acceptors (Lipinski definition) is 3. The first kappa shape index (κ1) is 18.2. The van der Waals surface area contributed by atoms with Gasteiger partial charge in [0.15, 0.2) is 11.5 Å². The van der Waals surface area contributed by atoms with Crippen molar-refractivity contribution in [3.05, 3.63) is 42.0 Å². The zero-order valence-electron chi connectivity index (χ0n) is 14.7. The van der Waals surface area contributed by atoms with Crippen molar-refractivity contribution in [3.63, 3.8) is 0 Å². The molecule has 0 radical (unpaired) electrons. The Hall–Kier alpha value is -2.16. The lowest BCUT2D eigenvalue weighted by Crippen LogP contribution is -1.95. The van der Waals surface area contributed by atoms with Crippen LogP contribution in [0.25, 0.3) is 11.1 Å². The average molecular weight is 328 g/mol. The Bertz CT molecular complexity index is 635. The number of unbranched alkanes of at least 4 members (excludes halogenated alkanes) is 5. The van der Waals surface area contributed by atoms with Crippen LogP contribution < -0.4 is 4.74 Å². The van der Waals surface area contributed by atoms with Gasteiger partial charge in [0.05, 0.1) is 7.11 Å². The topological polar surface area (TPSA) is 49.7 Å². The van der Waals surface area contributed by atoms with E-state index in [1.165, 1.54) is 32.8 Å². The fourth-order valence-electron chi connectivity index (χ4n) is 3.04. The van der Waals surface area contributed by atoms with Gasteiger partial charge in [-0.25, -0.2) is 0 Å². The zero-order valence-corrected chi connectivity index (χ0v) is 14.7. The normalized spacial score (nSPS) is 10.8. The standard InChI is InChI=1S/C21H28O3/c1-3-4-5-6-7-11-14-17-18(16-12-9-8-10-13-16)15-19(24-2)21(23)20(17)22/h8-10,12-13,15,22-23H,3-7,11,14H2,1-2H3. The Balaban J connectivity index is 2.23. The Morgan fingerprint density at radius 3 is 2.21 bits per heavy atom. The summed E-state index contributed by atoms with van der Waals surface area (Å²) in [4.78, 5) is 0. The molecule has 0 fully saturated rings. The maximum atomic E-state index is 10.5. The molecular formula is C21H28O3. The first-order valence-corrected chi connectivity index (χ1v) is 8.86. The van der Waals surface area contributed by atoms with Crippen LogP contribution in [-0.2, 0) is 6.42 Å². The van der Waals surface area contributed by atoms with Crippen LogP contribution in [0.4, 0.5) is 0 Å². The molecule has 24 heavy (non-hydrogen) atoms. The lowest BCUT2D eigenvalue weighted by molar-refractivity contribution is 0.349. The van der Waals surface area contributed by atoms with E-state index in [0.29, 0.717) is 5.75 Å². The van der Waals surface area contributed by atoms with Crippen LogP contribution >= 0.6 is 0 Å². The molecule has 0 aliphatic carbocycles. The maximum Gasteiger partial charge on any atom is 0.200 e. The number of phenols is 2. The van der Waals surface area contributed by atoms with E-state index in [-0.39, 0.29) is 11.5 Å². The Morgan fingerprint density at radius 1 is 0.875 bits per heavy atom. The van der Waals surface area contributed by atoms with Crippen LogP contribution in [0, 0.1) is 0 Å². The van der Waals surface area contributed by atoms with Gasteiger partial charge < -0.3 is 14.9 Å². The molecule has 2 aromatic rings. The molecule has 130 valence electrons. The third-order valence-corrected chi connectivity index (χ3v) is 4.43. The molecule has 0 aromatic heterocycles. The van der Waals surface area contributed by atoms with Gasteiger partial charge in [-0.1, -0.05) is 69.4 Å². The molecule has 2 aromatic carbocycles. The number of rotatable bonds is 9. The number of ether oxygens (including phenoxy) is 1. The van der Waals surface area contributed by atoms with Gasteiger partial charge in [-0.05, 0) is 30.0 Å². The second-order valence-corrected chi connectivity index (χ2v) is 6.19. The minimum absolute atomic E-state index is 0.0539. The molecule has 3 nitrogen and oxygen atoms in total. The summed E-state index contributed by atoms with van der Waals surface area (Å²) in [6.45, 7) is 2.21. The van der Waals surface area contributed by atoms with Gasteiger partial charge in [0.25, 0.3) is 0 Å². The Morgan fingerprint density at radius 2 is 1.54 bits per heavy atom. The van der Waals surface area contributed by atoms with Crippen LogP contribution in [0.15, 0.2) is 36.4 Å². The van der Waals surface area contributed by atoms with E-state index >= 15 is 0 Å². The van der Waals surface area contributed by atoms with E-state index in [0.717, 1.165) is 36.0 Å². The van der Waals surface area contributed by atoms with Crippen molar-refractivity contribution in [3.8, 4) is 28.4 Å². The third-order valence-electron chi connectivity index (χ3n) is 4.43. The lowest BCUT2D eigenvalue weighted by Gasteiger charge is -2.16. The third kappa shape index (κ3) is 4.44. The van der Waals surface area contributed by atoms with E-state index in [9.17, 15) is 10.2 Å². The highest BCUT2D eigenvalue weighted by atomic mass is 16.5. The summed E-state index contributed by atoms with van der Waals surface area (Å²) in [5.41, 5.74) is 2.75. The minimum Gasteiger partial charge on any atom is -0.504 e. The fraction of sp³-hybridized carbons (Fsp3) is 0.429. The van der Waals surface area contributed by atoms with Crippen molar-refractivity contribution in [1.29, 1.82) is 0 Å². The molecule has 0 atom stereocenters. The SMILES string of the molecule is CCCCCCCCc1c(-c2ccccc2)cc(OC)c(O)c1O. The fourth-order valence-corrected chi connectivity index (χ4v) is 3.04. The van der Waals surface area contributed by atoms with E-state index in [2.05, 4.69) is 6.92 Å². The molecule has 0 aliphatic rings. The number of methoxy groups -OCH3 is 1. The smallest absolute Gasteiger partial charge is 0.200 e. The van der Waals surface area contributed by atoms with Crippen molar-refractivity contribution in [2.75, 3.05) is 7.11 Å². The van der Waals surface area contributed by atoms with Crippen molar-refractivity contribution < 1.29 is 14.9 Å². The average Bonchev–Trinajstić information content (AvgIpc) is 2.62. The van der Waals surface area contributed by atoms with E-state index in [1.807, 2.05) is 36.4 Å². The highest BCUT2D eigenvalue weighted by Gasteiger charge is 2.18. The largest absolute Gasteiger partial charge is 0.504 e. The van der Waals surface area contributed by atoms with Gasteiger partial charge in [-0.2, -0.15) is 0 Å². The second-order valence-electron chi connectivity index (χ2n) is 6.19. The number of benzene rings is 2. The van der Waals surface area contributed by atoms with Crippen molar-refractivity contribution in [2.24, 2.45) is 0 Å². The van der Waals surface area contributed by atoms with Crippen molar-refractivity contribution in [2.45, 2.75) is 51.9 Å². The first-order valence-electron chi connectivity index (χ1n) is 8.86. The van der Waals surface area contributed by atoms with Gasteiger partial charge in [0, 0.05) is 5.56 Å². The molecule has 0 unspecified atom stereocenters.